The number of para-hydroxylation sites is 1. The summed E-state index contributed by atoms with van der Waals surface area (Å²) in [6, 6.07) is 14.8. The van der Waals surface area contributed by atoms with Crippen molar-refractivity contribution in [2.75, 3.05) is 23.4 Å². The fourth-order valence-corrected chi connectivity index (χ4v) is 3.39. The molecule has 1 aliphatic rings. The Morgan fingerprint density at radius 3 is 2.61 bits per heavy atom. The minimum atomic E-state index is -0.577. The number of hydrogen-bond acceptors (Lipinski definition) is 4. The molecule has 0 radical (unpaired) electrons. The molecule has 1 atom stereocenters. The maximum Gasteiger partial charge on any atom is 0.311 e. The molecule has 28 heavy (non-hydrogen) atoms. The van der Waals surface area contributed by atoms with Gasteiger partial charge in [-0.3, -0.25) is 14.4 Å². The van der Waals surface area contributed by atoms with Crippen LogP contribution in [-0.4, -0.2) is 30.9 Å². The lowest BCUT2D eigenvalue weighted by atomic mass is 10.1. The lowest BCUT2D eigenvalue weighted by Gasteiger charge is -2.16. The zero-order valence-electron chi connectivity index (χ0n) is 15.5. The van der Waals surface area contributed by atoms with Crippen LogP contribution in [0.15, 0.2) is 53.0 Å². The fraction of sp³-hybridized carbons (Fsp3) is 0.286. The lowest BCUT2D eigenvalue weighted by Crippen LogP contribution is -2.28. The Hall–Kier alpha value is -2.67. The number of carbonyl (C=O) groups is 3. The Balaban J connectivity index is 1.53. The Bertz CT molecular complexity index is 882. The van der Waals surface area contributed by atoms with Crippen LogP contribution in [0.1, 0.15) is 18.9 Å². The SMILES string of the molecule is CCc1ccccc1NC(=O)COC(=O)C1CC(=O)N(c2ccc(Br)cc2)C1. The van der Waals surface area contributed by atoms with Crippen LogP contribution in [0.25, 0.3) is 0 Å². The molecule has 1 heterocycles. The average molecular weight is 445 g/mol. The smallest absolute Gasteiger partial charge is 0.311 e. The third kappa shape index (κ3) is 4.78. The van der Waals surface area contributed by atoms with Crippen LogP contribution in [0.5, 0.6) is 0 Å². The topological polar surface area (TPSA) is 75.7 Å². The first-order valence-electron chi connectivity index (χ1n) is 9.08. The third-order valence-corrected chi connectivity index (χ3v) is 5.14. The van der Waals surface area contributed by atoms with E-state index < -0.39 is 17.8 Å². The largest absolute Gasteiger partial charge is 0.455 e. The van der Waals surface area contributed by atoms with Crippen LogP contribution in [0.4, 0.5) is 11.4 Å². The molecule has 0 aromatic heterocycles. The van der Waals surface area contributed by atoms with E-state index in [4.69, 9.17) is 4.74 Å². The summed E-state index contributed by atoms with van der Waals surface area (Å²) in [6.45, 7) is 1.87. The molecule has 2 amide bonds. The Morgan fingerprint density at radius 1 is 1.18 bits per heavy atom. The monoisotopic (exact) mass is 444 g/mol. The van der Waals surface area contributed by atoms with Gasteiger partial charge in [0.2, 0.25) is 5.91 Å². The Kier molecular flexibility index (Phi) is 6.46. The molecule has 1 fully saturated rings. The lowest BCUT2D eigenvalue weighted by molar-refractivity contribution is -0.151. The molecule has 0 spiro atoms. The summed E-state index contributed by atoms with van der Waals surface area (Å²) in [6.07, 6.45) is 0.863. The van der Waals surface area contributed by atoms with Crippen molar-refractivity contribution in [1.82, 2.24) is 0 Å². The summed E-state index contributed by atoms with van der Waals surface area (Å²) >= 11 is 3.36. The number of esters is 1. The molecular weight excluding hydrogens is 424 g/mol. The van der Waals surface area contributed by atoms with Crippen molar-refractivity contribution in [3.8, 4) is 0 Å². The summed E-state index contributed by atoms with van der Waals surface area (Å²) in [7, 11) is 0. The van der Waals surface area contributed by atoms with E-state index in [1.54, 1.807) is 4.90 Å². The van der Waals surface area contributed by atoms with E-state index in [1.807, 2.05) is 55.5 Å². The van der Waals surface area contributed by atoms with E-state index >= 15 is 0 Å². The second-order valence-corrected chi connectivity index (χ2v) is 7.46. The molecule has 1 saturated heterocycles. The predicted octanol–water partition coefficient (Wildman–Crippen LogP) is 3.55. The highest BCUT2D eigenvalue weighted by Crippen LogP contribution is 2.27. The highest BCUT2D eigenvalue weighted by Gasteiger charge is 2.36. The molecule has 146 valence electrons. The number of rotatable bonds is 6. The van der Waals surface area contributed by atoms with Gasteiger partial charge >= 0.3 is 5.97 Å². The molecule has 1 N–H and O–H groups in total. The van der Waals surface area contributed by atoms with Crippen molar-refractivity contribution in [3.63, 3.8) is 0 Å². The van der Waals surface area contributed by atoms with Gasteiger partial charge in [0.05, 0.1) is 5.92 Å². The maximum atomic E-state index is 12.3. The minimum absolute atomic E-state index is 0.0786. The second kappa shape index (κ2) is 9.01. The van der Waals surface area contributed by atoms with Gasteiger partial charge < -0.3 is 15.0 Å². The number of aryl methyl sites for hydroxylation is 1. The normalized spacial score (nSPS) is 16.1. The standard InChI is InChI=1S/C21H21BrN2O4/c1-2-14-5-3-4-6-18(14)23-19(25)13-28-21(27)15-11-20(26)24(12-15)17-9-7-16(22)8-10-17/h3-10,15H,2,11-13H2,1H3,(H,23,25). The van der Waals surface area contributed by atoms with Gasteiger partial charge in [0.25, 0.3) is 5.91 Å². The van der Waals surface area contributed by atoms with E-state index in [9.17, 15) is 14.4 Å². The van der Waals surface area contributed by atoms with Crippen LogP contribution in [0.3, 0.4) is 0 Å². The Morgan fingerprint density at radius 2 is 1.89 bits per heavy atom. The van der Waals surface area contributed by atoms with E-state index in [1.165, 1.54) is 0 Å². The molecule has 1 unspecified atom stereocenters. The van der Waals surface area contributed by atoms with Crippen LogP contribution >= 0.6 is 15.9 Å². The number of carbonyl (C=O) groups excluding carboxylic acids is 3. The molecule has 2 aromatic carbocycles. The van der Waals surface area contributed by atoms with Gasteiger partial charge in [-0.25, -0.2) is 0 Å². The third-order valence-electron chi connectivity index (χ3n) is 4.61. The zero-order valence-corrected chi connectivity index (χ0v) is 17.1. The van der Waals surface area contributed by atoms with Crippen molar-refractivity contribution in [3.05, 3.63) is 58.6 Å². The molecule has 0 bridgehead atoms. The molecular formula is C21H21BrN2O4. The quantitative estimate of drug-likeness (QED) is 0.691. The van der Waals surface area contributed by atoms with E-state index in [-0.39, 0.29) is 25.5 Å². The molecule has 3 rings (SSSR count). The first-order chi connectivity index (χ1) is 13.5. The number of nitrogens with one attached hydrogen (secondary N) is 1. The van der Waals surface area contributed by atoms with Crippen molar-refractivity contribution >= 4 is 45.1 Å². The molecule has 6 nitrogen and oxygen atoms in total. The van der Waals surface area contributed by atoms with Gasteiger partial charge in [-0.15, -0.1) is 0 Å². The fourth-order valence-electron chi connectivity index (χ4n) is 3.13. The van der Waals surface area contributed by atoms with Crippen LogP contribution < -0.4 is 10.2 Å². The number of amides is 2. The van der Waals surface area contributed by atoms with E-state index in [2.05, 4.69) is 21.2 Å². The zero-order chi connectivity index (χ0) is 20.1. The van der Waals surface area contributed by atoms with E-state index in [0.717, 1.165) is 22.1 Å². The summed E-state index contributed by atoms with van der Waals surface area (Å²) in [5, 5.41) is 2.76. The van der Waals surface area contributed by atoms with Gasteiger partial charge in [0.15, 0.2) is 6.61 Å². The van der Waals surface area contributed by atoms with Gasteiger partial charge in [-0.1, -0.05) is 41.1 Å². The van der Waals surface area contributed by atoms with Crippen molar-refractivity contribution in [2.24, 2.45) is 5.92 Å². The number of anilines is 2. The molecule has 2 aromatic rings. The highest BCUT2D eigenvalue weighted by molar-refractivity contribution is 9.10. The van der Waals surface area contributed by atoms with E-state index in [0.29, 0.717) is 5.69 Å². The highest BCUT2D eigenvalue weighted by atomic mass is 79.9. The van der Waals surface area contributed by atoms with Gasteiger partial charge in [-0.05, 0) is 42.3 Å². The number of nitrogens with zero attached hydrogens (tertiary/aromatic N) is 1. The maximum absolute atomic E-state index is 12.3. The van der Waals surface area contributed by atoms with Crippen molar-refractivity contribution in [2.45, 2.75) is 19.8 Å². The predicted molar refractivity (Wildman–Crippen MR) is 110 cm³/mol. The summed E-state index contributed by atoms with van der Waals surface area (Å²) in [5.74, 6) is -1.65. The summed E-state index contributed by atoms with van der Waals surface area (Å²) in [5.41, 5.74) is 2.45. The van der Waals surface area contributed by atoms with Crippen LogP contribution in [0, 0.1) is 5.92 Å². The number of benzene rings is 2. The van der Waals surface area contributed by atoms with Gasteiger partial charge in [0, 0.05) is 28.8 Å². The number of halogens is 1. The molecule has 0 aliphatic carbocycles. The molecule has 7 heteroatoms. The second-order valence-electron chi connectivity index (χ2n) is 6.55. The number of hydrogen-bond donors (Lipinski definition) is 1. The van der Waals surface area contributed by atoms with Gasteiger partial charge in [-0.2, -0.15) is 0 Å². The molecule has 0 saturated carbocycles. The number of ether oxygens (including phenoxy) is 1. The van der Waals surface area contributed by atoms with Crippen molar-refractivity contribution < 1.29 is 19.1 Å². The molecule has 1 aliphatic heterocycles. The first-order valence-corrected chi connectivity index (χ1v) is 9.87. The van der Waals surface area contributed by atoms with Crippen molar-refractivity contribution in [1.29, 1.82) is 0 Å². The van der Waals surface area contributed by atoms with Crippen LogP contribution in [-0.2, 0) is 25.5 Å². The summed E-state index contributed by atoms with van der Waals surface area (Å²) < 4.78 is 6.06. The Labute approximate surface area is 172 Å². The first kappa shape index (κ1) is 20.1. The average Bonchev–Trinajstić information content (AvgIpc) is 3.09. The summed E-state index contributed by atoms with van der Waals surface area (Å²) in [4.78, 5) is 38.2. The minimum Gasteiger partial charge on any atom is -0.455 e. The van der Waals surface area contributed by atoms with Crippen LogP contribution in [0.2, 0.25) is 0 Å². The van der Waals surface area contributed by atoms with Gasteiger partial charge in [0.1, 0.15) is 0 Å².